The molecule has 0 aliphatic carbocycles. The molecule has 7 heteroatoms. The number of aryl methyl sites for hydroxylation is 1. The van der Waals surface area contributed by atoms with Crippen molar-refractivity contribution in [3.63, 3.8) is 0 Å². The van der Waals surface area contributed by atoms with Crippen LogP contribution < -0.4 is 14.4 Å². The fourth-order valence-electron chi connectivity index (χ4n) is 3.13. The van der Waals surface area contributed by atoms with E-state index in [1.807, 2.05) is 49.4 Å². The fraction of sp³-hybridized carbons (Fsp3) is 0.167. The number of methoxy groups -OCH3 is 1. The summed E-state index contributed by atoms with van der Waals surface area (Å²) >= 11 is 7.80. The first-order valence-electron chi connectivity index (χ1n) is 9.72. The van der Waals surface area contributed by atoms with Gasteiger partial charge in [-0.1, -0.05) is 59.3 Å². The van der Waals surface area contributed by atoms with Crippen molar-refractivity contribution in [2.45, 2.75) is 13.5 Å². The molecule has 1 aromatic heterocycles. The molecule has 1 heterocycles. The maximum Gasteiger partial charge on any atom is 0.267 e. The van der Waals surface area contributed by atoms with Gasteiger partial charge in [0.15, 0.2) is 11.7 Å². The monoisotopic (exact) mass is 452 g/mol. The van der Waals surface area contributed by atoms with E-state index in [4.69, 9.17) is 26.1 Å². The SMILES string of the molecule is COc1ccc(OCC(=O)N(Cc2ccccc2)c2nc3c(C)ccc(Cl)c3s2)cc1. The predicted octanol–water partition coefficient (Wildman–Crippen LogP) is 5.88. The molecule has 4 rings (SSSR count). The second-order valence-electron chi connectivity index (χ2n) is 6.97. The number of hydrogen-bond acceptors (Lipinski definition) is 5. The van der Waals surface area contributed by atoms with Crippen molar-refractivity contribution in [2.75, 3.05) is 18.6 Å². The first-order valence-corrected chi connectivity index (χ1v) is 10.9. The lowest BCUT2D eigenvalue weighted by molar-refractivity contribution is -0.120. The maximum absolute atomic E-state index is 13.2. The quantitative estimate of drug-likeness (QED) is 0.351. The van der Waals surface area contributed by atoms with Crippen LogP contribution in [0.5, 0.6) is 11.5 Å². The van der Waals surface area contributed by atoms with Gasteiger partial charge in [-0.05, 0) is 48.4 Å². The van der Waals surface area contributed by atoms with Gasteiger partial charge in [-0.15, -0.1) is 0 Å². The molecule has 31 heavy (non-hydrogen) atoms. The number of carbonyl (C=O) groups is 1. The number of aromatic nitrogens is 1. The van der Waals surface area contributed by atoms with Crippen LogP contribution in [0, 0.1) is 6.92 Å². The minimum atomic E-state index is -0.187. The number of thiazole rings is 1. The third-order valence-corrected chi connectivity index (χ3v) is 6.36. The molecule has 0 bridgehead atoms. The second kappa shape index (κ2) is 9.37. The molecule has 0 spiro atoms. The molecule has 0 fully saturated rings. The second-order valence-corrected chi connectivity index (χ2v) is 8.35. The molecule has 0 N–H and O–H groups in total. The van der Waals surface area contributed by atoms with Gasteiger partial charge in [0, 0.05) is 0 Å². The number of nitrogens with zero attached hydrogens (tertiary/aromatic N) is 2. The summed E-state index contributed by atoms with van der Waals surface area (Å²) in [6.07, 6.45) is 0. The van der Waals surface area contributed by atoms with Crippen LogP contribution in [0.15, 0.2) is 66.7 Å². The minimum Gasteiger partial charge on any atom is -0.497 e. The lowest BCUT2D eigenvalue weighted by atomic mass is 10.2. The number of rotatable bonds is 7. The highest BCUT2D eigenvalue weighted by molar-refractivity contribution is 7.23. The molecule has 1 amide bonds. The van der Waals surface area contributed by atoms with E-state index in [-0.39, 0.29) is 12.5 Å². The van der Waals surface area contributed by atoms with Crippen molar-refractivity contribution >= 4 is 44.2 Å². The van der Waals surface area contributed by atoms with E-state index in [1.165, 1.54) is 11.3 Å². The summed E-state index contributed by atoms with van der Waals surface area (Å²) < 4.78 is 11.8. The van der Waals surface area contributed by atoms with E-state index in [0.717, 1.165) is 27.1 Å². The van der Waals surface area contributed by atoms with Crippen LogP contribution in [-0.2, 0) is 11.3 Å². The number of halogens is 1. The van der Waals surface area contributed by atoms with E-state index in [0.29, 0.717) is 22.4 Å². The molecule has 0 aliphatic rings. The zero-order valence-electron chi connectivity index (χ0n) is 17.2. The Morgan fingerprint density at radius 3 is 2.42 bits per heavy atom. The maximum atomic E-state index is 13.2. The molecule has 4 aromatic rings. The molecule has 0 atom stereocenters. The third-order valence-electron chi connectivity index (χ3n) is 4.82. The van der Waals surface area contributed by atoms with Crippen LogP contribution in [0.1, 0.15) is 11.1 Å². The van der Waals surface area contributed by atoms with E-state index in [1.54, 1.807) is 36.3 Å². The molecular formula is C24H21ClN2O3S. The molecule has 0 saturated carbocycles. The van der Waals surface area contributed by atoms with Crippen LogP contribution in [-0.4, -0.2) is 24.6 Å². The highest BCUT2D eigenvalue weighted by atomic mass is 35.5. The summed E-state index contributed by atoms with van der Waals surface area (Å²) in [5.74, 6) is 1.13. The molecule has 0 saturated heterocycles. The van der Waals surface area contributed by atoms with Gasteiger partial charge in [0.1, 0.15) is 11.5 Å². The van der Waals surface area contributed by atoms with Gasteiger partial charge in [0.05, 0.1) is 28.9 Å². The number of ether oxygens (including phenoxy) is 2. The zero-order valence-corrected chi connectivity index (χ0v) is 18.7. The van der Waals surface area contributed by atoms with Crippen LogP contribution in [0.4, 0.5) is 5.13 Å². The predicted molar refractivity (Wildman–Crippen MR) is 125 cm³/mol. The summed E-state index contributed by atoms with van der Waals surface area (Å²) in [5, 5.41) is 1.23. The van der Waals surface area contributed by atoms with Crippen molar-refractivity contribution in [1.82, 2.24) is 4.98 Å². The smallest absolute Gasteiger partial charge is 0.267 e. The van der Waals surface area contributed by atoms with Crippen molar-refractivity contribution < 1.29 is 14.3 Å². The highest BCUT2D eigenvalue weighted by Gasteiger charge is 2.22. The number of anilines is 1. The Hall–Kier alpha value is -3.09. The van der Waals surface area contributed by atoms with Gasteiger partial charge in [-0.25, -0.2) is 4.98 Å². The fourth-order valence-corrected chi connectivity index (χ4v) is 4.46. The van der Waals surface area contributed by atoms with Gasteiger partial charge in [0.2, 0.25) is 0 Å². The molecule has 3 aromatic carbocycles. The standard InChI is InChI=1S/C24H21ClN2O3S/c1-16-8-13-20(25)23-22(16)26-24(31-23)27(14-17-6-4-3-5-7-17)21(28)15-30-19-11-9-18(29-2)10-12-19/h3-13H,14-15H2,1-2H3. The van der Waals surface area contributed by atoms with Gasteiger partial charge in [-0.3, -0.25) is 9.69 Å². The number of fused-ring (bicyclic) bond motifs is 1. The van der Waals surface area contributed by atoms with Gasteiger partial charge in [0.25, 0.3) is 5.91 Å². The van der Waals surface area contributed by atoms with Crippen LogP contribution in [0.2, 0.25) is 5.02 Å². The van der Waals surface area contributed by atoms with Crippen molar-refractivity contribution in [3.05, 3.63) is 82.9 Å². The number of carbonyl (C=O) groups excluding carboxylic acids is 1. The Kier molecular flexibility index (Phi) is 6.39. The van der Waals surface area contributed by atoms with E-state index in [2.05, 4.69) is 0 Å². The lowest BCUT2D eigenvalue weighted by Crippen LogP contribution is -2.34. The van der Waals surface area contributed by atoms with Crippen LogP contribution in [0.25, 0.3) is 10.2 Å². The Balaban J connectivity index is 1.61. The summed E-state index contributed by atoms with van der Waals surface area (Å²) in [6, 6.07) is 20.7. The van der Waals surface area contributed by atoms with Gasteiger partial charge >= 0.3 is 0 Å². The third kappa shape index (κ3) is 4.81. The van der Waals surface area contributed by atoms with Gasteiger partial charge in [-0.2, -0.15) is 0 Å². The molecule has 158 valence electrons. The Morgan fingerprint density at radius 1 is 1.03 bits per heavy atom. The largest absolute Gasteiger partial charge is 0.497 e. The van der Waals surface area contributed by atoms with Crippen molar-refractivity contribution in [1.29, 1.82) is 0 Å². The summed E-state index contributed by atoms with van der Waals surface area (Å²) in [6.45, 7) is 2.27. The minimum absolute atomic E-state index is 0.109. The zero-order chi connectivity index (χ0) is 21.8. The normalized spacial score (nSPS) is 10.8. The molecule has 0 radical (unpaired) electrons. The Bertz CT molecular complexity index is 1150. The summed E-state index contributed by atoms with van der Waals surface area (Å²) in [4.78, 5) is 19.6. The van der Waals surface area contributed by atoms with E-state index < -0.39 is 0 Å². The first-order chi connectivity index (χ1) is 15.0. The van der Waals surface area contributed by atoms with E-state index in [9.17, 15) is 4.79 Å². The summed E-state index contributed by atoms with van der Waals surface area (Å²) in [5.41, 5.74) is 2.83. The Morgan fingerprint density at radius 2 is 1.74 bits per heavy atom. The Labute approximate surface area is 189 Å². The molecule has 0 aliphatic heterocycles. The average molecular weight is 453 g/mol. The average Bonchev–Trinajstić information content (AvgIpc) is 3.26. The van der Waals surface area contributed by atoms with Gasteiger partial charge < -0.3 is 9.47 Å². The summed E-state index contributed by atoms with van der Waals surface area (Å²) in [7, 11) is 1.60. The van der Waals surface area contributed by atoms with Crippen molar-refractivity contribution in [2.24, 2.45) is 0 Å². The lowest BCUT2D eigenvalue weighted by Gasteiger charge is -2.20. The molecule has 0 unspecified atom stereocenters. The molecular weight excluding hydrogens is 432 g/mol. The number of hydrogen-bond donors (Lipinski definition) is 0. The van der Waals surface area contributed by atoms with Crippen molar-refractivity contribution in [3.8, 4) is 11.5 Å². The number of benzene rings is 3. The van der Waals surface area contributed by atoms with Crippen LogP contribution in [0.3, 0.4) is 0 Å². The molecule has 5 nitrogen and oxygen atoms in total. The topological polar surface area (TPSA) is 51.7 Å². The number of amides is 1. The van der Waals surface area contributed by atoms with Crippen LogP contribution >= 0.6 is 22.9 Å². The van der Waals surface area contributed by atoms with E-state index >= 15 is 0 Å². The highest BCUT2D eigenvalue weighted by Crippen LogP contribution is 2.36. The first kappa shape index (κ1) is 21.2.